The second-order valence-corrected chi connectivity index (χ2v) is 7.29. The summed E-state index contributed by atoms with van der Waals surface area (Å²) in [6.45, 7) is 0. The fourth-order valence-electron chi connectivity index (χ4n) is 2.83. The Morgan fingerprint density at radius 3 is 2.16 bits per heavy atom. The summed E-state index contributed by atoms with van der Waals surface area (Å²) >= 11 is 1.08. The fourth-order valence-corrected chi connectivity index (χ4v) is 3.63. The summed E-state index contributed by atoms with van der Waals surface area (Å²) in [5, 5.41) is 13.6. The molecule has 0 amide bonds. The van der Waals surface area contributed by atoms with Gasteiger partial charge in [0, 0.05) is 11.3 Å². The van der Waals surface area contributed by atoms with Gasteiger partial charge in [0.1, 0.15) is 0 Å². The molecule has 1 aromatic heterocycles. The highest BCUT2D eigenvalue weighted by atomic mass is 32.2. The van der Waals surface area contributed by atoms with Crippen LogP contribution in [-0.2, 0) is 9.53 Å². The first-order chi connectivity index (χ1) is 15.3. The Bertz CT molecular complexity index is 1180. The van der Waals surface area contributed by atoms with Gasteiger partial charge in [0.25, 0.3) is 0 Å². The zero-order valence-corrected chi connectivity index (χ0v) is 17.5. The predicted octanol–water partition coefficient (Wildman–Crippen LogP) is 4.63. The molecule has 0 aliphatic heterocycles. The van der Waals surface area contributed by atoms with Crippen LogP contribution in [0.3, 0.4) is 0 Å². The smallest absolute Gasteiger partial charge is 0.365 e. The number of nitrogens with one attached hydrogen (secondary N) is 1. The van der Waals surface area contributed by atoms with E-state index in [0.29, 0.717) is 11.0 Å². The Kier molecular flexibility index (Phi) is 6.39. The number of thioether (sulfide) groups is 1. The predicted molar refractivity (Wildman–Crippen MR) is 122 cm³/mol. The number of anilines is 1. The molecule has 0 saturated heterocycles. The third-order valence-corrected chi connectivity index (χ3v) is 5.19. The molecule has 154 valence electrons. The number of hydrogen-bond acceptors (Lipinski definition) is 7. The standard InChI is InChI=1S/C23H19N5O2S/c1-30-22(29)21(26-24-18-13-7-3-8-14-18)31-23-27-25-20(17-11-5-2-6-12-17)28(23)19-15-9-4-10-16-19/h2-16,24H,1H3. The maximum Gasteiger partial charge on any atom is 0.365 e. The van der Waals surface area contributed by atoms with E-state index >= 15 is 0 Å². The monoisotopic (exact) mass is 429 g/mol. The molecular weight excluding hydrogens is 410 g/mol. The van der Waals surface area contributed by atoms with Crippen LogP contribution in [0, 0.1) is 0 Å². The van der Waals surface area contributed by atoms with Gasteiger partial charge in [0.2, 0.25) is 10.2 Å². The largest absolute Gasteiger partial charge is 0.464 e. The molecule has 0 bridgehead atoms. The minimum Gasteiger partial charge on any atom is -0.464 e. The number of methoxy groups -OCH3 is 1. The Hall–Kier alpha value is -3.91. The van der Waals surface area contributed by atoms with Gasteiger partial charge in [-0.15, -0.1) is 10.2 Å². The average Bonchev–Trinajstić information content (AvgIpc) is 3.26. The highest BCUT2D eigenvalue weighted by Gasteiger charge is 2.22. The van der Waals surface area contributed by atoms with Gasteiger partial charge in [-0.05, 0) is 36.0 Å². The number of ether oxygens (including phenoxy) is 1. The molecule has 0 aliphatic carbocycles. The minimum atomic E-state index is -0.572. The van der Waals surface area contributed by atoms with Crippen LogP contribution < -0.4 is 5.43 Å². The summed E-state index contributed by atoms with van der Waals surface area (Å²) in [5.41, 5.74) is 5.41. The van der Waals surface area contributed by atoms with E-state index in [4.69, 9.17) is 4.74 Å². The number of carbonyl (C=O) groups excluding carboxylic acids is 1. The topological polar surface area (TPSA) is 81.4 Å². The van der Waals surface area contributed by atoms with Crippen molar-refractivity contribution >= 4 is 28.5 Å². The molecule has 0 fully saturated rings. The van der Waals surface area contributed by atoms with Crippen molar-refractivity contribution in [2.45, 2.75) is 5.16 Å². The Labute approximate surface area is 183 Å². The molecule has 3 aromatic carbocycles. The number of esters is 1. The van der Waals surface area contributed by atoms with E-state index in [-0.39, 0.29) is 5.04 Å². The zero-order chi connectivity index (χ0) is 21.5. The van der Waals surface area contributed by atoms with E-state index in [1.54, 1.807) is 0 Å². The van der Waals surface area contributed by atoms with Crippen molar-refractivity contribution in [3.8, 4) is 17.1 Å². The van der Waals surface area contributed by atoms with E-state index in [2.05, 4.69) is 20.7 Å². The first-order valence-corrected chi connectivity index (χ1v) is 10.3. The lowest BCUT2D eigenvalue weighted by Gasteiger charge is -2.11. The Balaban J connectivity index is 1.74. The second kappa shape index (κ2) is 9.73. The molecule has 4 aromatic rings. The molecule has 31 heavy (non-hydrogen) atoms. The summed E-state index contributed by atoms with van der Waals surface area (Å²) in [5.74, 6) is 0.0897. The van der Waals surface area contributed by atoms with Crippen LogP contribution in [0.2, 0.25) is 0 Å². The van der Waals surface area contributed by atoms with Gasteiger partial charge in [-0.25, -0.2) is 4.79 Å². The summed E-state index contributed by atoms with van der Waals surface area (Å²) in [7, 11) is 1.32. The third-order valence-electron chi connectivity index (χ3n) is 4.29. The number of para-hydroxylation sites is 2. The van der Waals surface area contributed by atoms with Crippen LogP contribution in [-0.4, -0.2) is 32.9 Å². The van der Waals surface area contributed by atoms with E-state index in [9.17, 15) is 4.79 Å². The normalized spacial score (nSPS) is 11.2. The lowest BCUT2D eigenvalue weighted by molar-refractivity contribution is -0.132. The van der Waals surface area contributed by atoms with Gasteiger partial charge in [-0.2, -0.15) is 5.10 Å². The Morgan fingerprint density at radius 1 is 0.903 bits per heavy atom. The van der Waals surface area contributed by atoms with Crippen LogP contribution in [0.5, 0.6) is 0 Å². The van der Waals surface area contributed by atoms with Crippen LogP contribution in [0.4, 0.5) is 5.69 Å². The van der Waals surface area contributed by atoms with E-state index in [1.807, 2.05) is 95.6 Å². The van der Waals surface area contributed by atoms with Crippen molar-refractivity contribution in [1.29, 1.82) is 0 Å². The highest BCUT2D eigenvalue weighted by molar-refractivity contribution is 8.15. The SMILES string of the molecule is COC(=O)C(=NNc1ccccc1)Sc1nnc(-c2ccccc2)n1-c1ccccc1. The van der Waals surface area contributed by atoms with Crippen molar-refractivity contribution < 1.29 is 9.53 Å². The molecular formula is C23H19N5O2S. The summed E-state index contributed by atoms with van der Waals surface area (Å²) < 4.78 is 6.81. The van der Waals surface area contributed by atoms with Gasteiger partial charge in [0.15, 0.2) is 5.82 Å². The lowest BCUT2D eigenvalue weighted by Crippen LogP contribution is -2.15. The van der Waals surface area contributed by atoms with Crippen molar-refractivity contribution in [3.63, 3.8) is 0 Å². The summed E-state index contributed by atoms with van der Waals surface area (Å²) in [4.78, 5) is 12.4. The maximum absolute atomic E-state index is 12.4. The van der Waals surface area contributed by atoms with Gasteiger partial charge in [0.05, 0.1) is 12.8 Å². The first kappa shape index (κ1) is 20.4. The van der Waals surface area contributed by atoms with Crippen molar-refractivity contribution in [1.82, 2.24) is 14.8 Å². The fraction of sp³-hybridized carbons (Fsp3) is 0.0435. The first-order valence-electron chi connectivity index (χ1n) is 9.47. The number of hydrogen-bond donors (Lipinski definition) is 1. The minimum absolute atomic E-state index is 0.107. The van der Waals surface area contributed by atoms with Crippen LogP contribution in [0.1, 0.15) is 0 Å². The Morgan fingerprint density at radius 2 is 1.52 bits per heavy atom. The number of aromatic nitrogens is 3. The lowest BCUT2D eigenvalue weighted by atomic mass is 10.2. The highest BCUT2D eigenvalue weighted by Crippen LogP contribution is 2.29. The van der Waals surface area contributed by atoms with Crippen LogP contribution in [0.25, 0.3) is 17.1 Å². The van der Waals surface area contributed by atoms with Gasteiger partial charge >= 0.3 is 5.97 Å². The molecule has 0 unspecified atom stereocenters. The average molecular weight is 430 g/mol. The molecule has 1 heterocycles. The van der Waals surface area contributed by atoms with Crippen molar-refractivity contribution in [2.75, 3.05) is 12.5 Å². The van der Waals surface area contributed by atoms with Crippen LogP contribution in [0.15, 0.2) is 101 Å². The maximum atomic E-state index is 12.4. The molecule has 7 nitrogen and oxygen atoms in total. The number of hydrazone groups is 1. The van der Waals surface area contributed by atoms with Crippen molar-refractivity contribution in [3.05, 3.63) is 91.0 Å². The molecule has 1 N–H and O–H groups in total. The number of carbonyl (C=O) groups is 1. The van der Waals surface area contributed by atoms with Gasteiger partial charge < -0.3 is 4.74 Å². The van der Waals surface area contributed by atoms with E-state index in [0.717, 1.165) is 28.7 Å². The number of nitrogens with zero attached hydrogens (tertiary/aromatic N) is 4. The van der Waals surface area contributed by atoms with E-state index in [1.165, 1.54) is 7.11 Å². The third kappa shape index (κ3) is 4.81. The van der Waals surface area contributed by atoms with Crippen molar-refractivity contribution in [2.24, 2.45) is 5.10 Å². The quantitative estimate of drug-likeness (QED) is 0.164. The summed E-state index contributed by atoms with van der Waals surface area (Å²) in [6.07, 6.45) is 0. The molecule has 0 saturated carbocycles. The summed E-state index contributed by atoms with van der Waals surface area (Å²) in [6, 6.07) is 28.8. The molecule has 0 radical (unpaired) electrons. The zero-order valence-electron chi connectivity index (χ0n) is 16.7. The molecule has 0 aliphatic rings. The molecule has 4 rings (SSSR count). The van der Waals surface area contributed by atoms with Crippen LogP contribution >= 0.6 is 11.8 Å². The molecule has 8 heteroatoms. The molecule has 0 atom stereocenters. The molecule has 0 spiro atoms. The van der Waals surface area contributed by atoms with E-state index < -0.39 is 5.97 Å². The number of rotatable bonds is 5. The van der Waals surface area contributed by atoms with Gasteiger partial charge in [-0.3, -0.25) is 9.99 Å². The number of benzene rings is 3. The van der Waals surface area contributed by atoms with Gasteiger partial charge in [-0.1, -0.05) is 66.7 Å². The second-order valence-electron chi connectivity index (χ2n) is 6.33.